The molecule has 1 saturated heterocycles. The third-order valence-electron chi connectivity index (χ3n) is 2.90. The molecule has 0 amide bonds. The van der Waals surface area contributed by atoms with Crippen molar-refractivity contribution >= 4 is 5.97 Å². The molecule has 2 nitrogen and oxygen atoms in total. The maximum Gasteiger partial charge on any atom is 0.310 e. The fraction of sp³-hybridized carbons (Fsp3) is 0.364. The highest BCUT2D eigenvalue weighted by Gasteiger charge is 2.56. The molecule has 1 saturated carbocycles. The first-order valence-corrected chi connectivity index (χ1v) is 4.62. The number of esters is 1. The summed E-state index contributed by atoms with van der Waals surface area (Å²) in [5.41, 5.74) is 1.14. The molecule has 13 heavy (non-hydrogen) atoms. The molecule has 2 aliphatic rings. The Hall–Kier alpha value is -1.31. The van der Waals surface area contributed by atoms with Crippen LogP contribution in [0.1, 0.15) is 18.1 Å². The average molecular weight is 174 g/mol. The summed E-state index contributed by atoms with van der Waals surface area (Å²) >= 11 is 0. The third-order valence-corrected chi connectivity index (χ3v) is 2.90. The molecule has 3 atom stereocenters. The molecule has 2 fully saturated rings. The number of benzene rings is 1. The Morgan fingerprint density at radius 1 is 1.23 bits per heavy atom. The lowest BCUT2D eigenvalue weighted by molar-refractivity contribution is -0.145. The Labute approximate surface area is 76.5 Å². The van der Waals surface area contributed by atoms with Gasteiger partial charge in [-0.2, -0.15) is 0 Å². The van der Waals surface area contributed by atoms with Crippen LogP contribution in [-0.2, 0) is 9.53 Å². The molecular weight excluding hydrogens is 164 g/mol. The normalized spacial score (nSPS) is 35.4. The Morgan fingerprint density at radius 2 is 2.00 bits per heavy atom. The van der Waals surface area contributed by atoms with E-state index in [2.05, 4.69) is 0 Å². The SMILES string of the molecule is O=C1O[C@@H](c2ccccc2)[C@@H]2C[C@H]12. The molecule has 1 aliphatic carbocycles. The average Bonchev–Trinajstić information content (AvgIpc) is 2.89. The van der Waals surface area contributed by atoms with Gasteiger partial charge in [0.05, 0.1) is 5.92 Å². The molecule has 0 radical (unpaired) electrons. The minimum Gasteiger partial charge on any atom is -0.457 e. The van der Waals surface area contributed by atoms with Crippen LogP contribution in [0.2, 0.25) is 0 Å². The van der Waals surface area contributed by atoms with Crippen LogP contribution in [0, 0.1) is 11.8 Å². The zero-order valence-corrected chi connectivity index (χ0v) is 7.14. The second kappa shape index (κ2) is 2.34. The zero-order valence-electron chi connectivity index (χ0n) is 7.14. The van der Waals surface area contributed by atoms with E-state index in [-0.39, 0.29) is 18.0 Å². The number of ether oxygens (including phenoxy) is 1. The van der Waals surface area contributed by atoms with E-state index in [1.165, 1.54) is 0 Å². The van der Waals surface area contributed by atoms with Gasteiger partial charge >= 0.3 is 5.97 Å². The highest BCUT2D eigenvalue weighted by atomic mass is 16.6. The van der Waals surface area contributed by atoms with Gasteiger partial charge in [0.15, 0.2) is 0 Å². The third kappa shape index (κ3) is 0.981. The van der Waals surface area contributed by atoms with Crippen LogP contribution in [0.15, 0.2) is 30.3 Å². The Balaban J connectivity index is 1.91. The van der Waals surface area contributed by atoms with Crippen molar-refractivity contribution in [2.75, 3.05) is 0 Å². The quantitative estimate of drug-likeness (QED) is 0.608. The van der Waals surface area contributed by atoms with Crippen molar-refractivity contribution in [3.05, 3.63) is 35.9 Å². The van der Waals surface area contributed by atoms with Gasteiger partial charge in [-0.25, -0.2) is 0 Å². The molecule has 1 heterocycles. The number of hydrogen-bond acceptors (Lipinski definition) is 2. The lowest BCUT2D eigenvalue weighted by Gasteiger charge is -2.11. The molecular formula is C11H10O2. The van der Waals surface area contributed by atoms with Crippen LogP contribution in [0.3, 0.4) is 0 Å². The molecule has 1 aromatic rings. The number of hydrogen-bond donors (Lipinski definition) is 0. The molecule has 0 spiro atoms. The Kier molecular flexibility index (Phi) is 1.29. The van der Waals surface area contributed by atoms with Gasteiger partial charge in [0.1, 0.15) is 6.10 Å². The first-order chi connectivity index (χ1) is 6.36. The molecule has 0 N–H and O–H groups in total. The number of fused-ring (bicyclic) bond motifs is 1. The molecule has 3 rings (SSSR count). The number of carbonyl (C=O) groups excluding carboxylic acids is 1. The topological polar surface area (TPSA) is 26.3 Å². The van der Waals surface area contributed by atoms with E-state index < -0.39 is 0 Å². The summed E-state index contributed by atoms with van der Waals surface area (Å²) in [5.74, 6) is 0.680. The lowest BCUT2D eigenvalue weighted by Crippen LogP contribution is -2.04. The second-order valence-electron chi connectivity index (χ2n) is 3.77. The summed E-state index contributed by atoms with van der Waals surface area (Å²) in [6, 6.07) is 10.00. The van der Waals surface area contributed by atoms with Crippen LogP contribution in [-0.4, -0.2) is 5.97 Å². The van der Waals surface area contributed by atoms with Crippen molar-refractivity contribution in [1.29, 1.82) is 0 Å². The van der Waals surface area contributed by atoms with Crippen LogP contribution in [0.4, 0.5) is 0 Å². The molecule has 66 valence electrons. The van der Waals surface area contributed by atoms with E-state index in [4.69, 9.17) is 4.74 Å². The summed E-state index contributed by atoms with van der Waals surface area (Å²) in [6.07, 6.45) is 1.07. The van der Waals surface area contributed by atoms with Gasteiger partial charge in [0.2, 0.25) is 0 Å². The highest BCUT2D eigenvalue weighted by molar-refractivity contribution is 5.79. The predicted octanol–water partition coefficient (Wildman–Crippen LogP) is 1.92. The minimum absolute atomic E-state index is 0.00106. The number of cyclic esters (lactones) is 1. The molecule has 2 heteroatoms. The minimum atomic E-state index is -0.00106. The van der Waals surface area contributed by atoms with Crippen molar-refractivity contribution in [2.24, 2.45) is 11.8 Å². The van der Waals surface area contributed by atoms with Gasteiger partial charge in [0, 0.05) is 5.92 Å². The number of rotatable bonds is 1. The first kappa shape index (κ1) is 7.13. The summed E-state index contributed by atoms with van der Waals surface area (Å²) in [7, 11) is 0. The van der Waals surface area contributed by atoms with Crippen molar-refractivity contribution < 1.29 is 9.53 Å². The largest absolute Gasteiger partial charge is 0.457 e. The Morgan fingerprint density at radius 3 is 2.54 bits per heavy atom. The number of carbonyl (C=O) groups is 1. The predicted molar refractivity (Wildman–Crippen MR) is 46.9 cm³/mol. The van der Waals surface area contributed by atoms with E-state index in [0.29, 0.717) is 5.92 Å². The summed E-state index contributed by atoms with van der Waals surface area (Å²) < 4.78 is 5.27. The summed E-state index contributed by atoms with van der Waals surface area (Å²) in [4.78, 5) is 11.2. The lowest BCUT2D eigenvalue weighted by atomic mass is 10.1. The van der Waals surface area contributed by atoms with Crippen LogP contribution in [0.25, 0.3) is 0 Å². The molecule has 0 bridgehead atoms. The monoisotopic (exact) mass is 174 g/mol. The standard InChI is InChI=1S/C11H10O2/c12-11-9-6-8(9)10(13-11)7-4-2-1-3-5-7/h1-5,8-10H,6H2/t8-,9+,10+/m1/s1. The van der Waals surface area contributed by atoms with E-state index in [1.807, 2.05) is 30.3 Å². The maximum atomic E-state index is 11.2. The summed E-state index contributed by atoms with van der Waals surface area (Å²) in [5, 5.41) is 0. The van der Waals surface area contributed by atoms with Crippen molar-refractivity contribution in [2.45, 2.75) is 12.5 Å². The van der Waals surface area contributed by atoms with Crippen LogP contribution < -0.4 is 0 Å². The van der Waals surface area contributed by atoms with Crippen molar-refractivity contribution in [3.8, 4) is 0 Å². The van der Waals surface area contributed by atoms with E-state index >= 15 is 0 Å². The maximum absolute atomic E-state index is 11.2. The first-order valence-electron chi connectivity index (χ1n) is 4.62. The van der Waals surface area contributed by atoms with Gasteiger partial charge in [-0.1, -0.05) is 30.3 Å². The smallest absolute Gasteiger partial charge is 0.310 e. The van der Waals surface area contributed by atoms with Crippen LogP contribution in [0.5, 0.6) is 0 Å². The fourth-order valence-corrected chi connectivity index (χ4v) is 2.08. The van der Waals surface area contributed by atoms with Gasteiger partial charge < -0.3 is 4.74 Å². The van der Waals surface area contributed by atoms with E-state index in [1.54, 1.807) is 0 Å². The fourth-order valence-electron chi connectivity index (χ4n) is 2.08. The highest BCUT2D eigenvalue weighted by Crippen LogP contribution is 2.55. The molecule has 1 aliphatic heterocycles. The molecule has 0 aromatic heterocycles. The van der Waals surface area contributed by atoms with E-state index in [0.717, 1.165) is 12.0 Å². The van der Waals surface area contributed by atoms with Gasteiger partial charge in [0.25, 0.3) is 0 Å². The van der Waals surface area contributed by atoms with Crippen LogP contribution >= 0.6 is 0 Å². The Bertz CT molecular complexity index is 344. The van der Waals surface area contributed by atoms with Crippen molar-refractivity contribution in [1.82, 2.24) is 0 Å². The summed E-state index contributed by atoms with van der Waals surface area (Å²) in [6.45, 7) is 0. The van der Waals surface area contributed by atoms with E-state index in [9.17, 15) is 4.79 Å². The van der Waals surface area contributed by atoms with Gasteiger partial charge in [-0.3, -0.25) is 4.79 Å². The second-order valence-corrected chi connectivity index (χ2v) is 3.77. The molecule has 0 unspecified atom stereocenters. The van der Waals surface area contributed by atoms with Crippen molar-refractivity contribution in [3.63, 3.8) is 0 Å². The molecule has 1 aromatic carbocycles. The van der Waals surface area contributed by atoms with Gasteiger partial charge in [-0.15, -0.1) is 0 Å². The zero-order chi connectivity index (χ0) is 8.84. The van der Waals surface area contributed by atoms with Gasteiger partial charge in [-0.05, 0) is 12.0 Å².